The highest BCUT2D eigenvalue weighted by molar-refractivity contribution is 5.27. The van der Waals surface area contributed by atoms with Gasteiger partial charge in [-0.3, -0.25) is 4.90 Å². The van der Waals surface area contributed by atoms with Gasteiger partial charge in [-0.2, -0.15) is 0 Å². The van der Waals surface area contributed by atoms with Crippen molar-refractivity contribution in [1.82, 2.24) is 4.90 Å². The first-order valence-electron chi connectivity index (χ1n) is 6.02. The summed E-state index contributed by atoms with van der Waals surface area (Å²) in [6.07, 6.45) is 2.83. The molecular formula is C14H22N2O. The summed E-state index contributed by atoms with van der Waals surface area (Å²) in [5.74, 6) is 0. The van der Waals surface area contributed by atoms with Crippen LogP contribution in [0.5, 0.6) is 0 Å². The molecule has 0 aliphatic heterocycles. The van der Waals surface area contributed by atoms with Crippen LogP contribution >= 0.6 is 0 Å². The fourth-order valence-electron chi connectivity index (χ4n) is 1.90. The lowest BCUT2D eigenvalue weighted by molar-refractivity contribution is 0.210. The first-order chi connectivity index (χ1) is 8.31. The second-order valence-corrected chi connectivity index (χ2v) is 4.04. The van der Waals surface area contributed by atoms with Crippen LogP contribution in [-0.2, 0) is 13.0 Å². The molecule has 0 saturated carbocycles. The lowest BCUT2D eigenvalue weighted by atomic mass is 10.0. The van der Waals surface area contributed by atoms with Crippen LogP contribution in [0.15, 0.2) is 36.9 Å². The van der Waals surface area contributed by atoms with Crippen molar-refractivity contribution in [2.45, 2.75) is 13.0 Å². The van der Waals surface area contributed by atoms with Gasteiger partial charge in [0.25, 0.3) is 0 Å². The quantitative estimate of drug-likeness (QED) is 0.664. The van der Waals surface area contributed by atoms with Crippen molar-refractivity contribution in [3.8, 4) is 0 Å². The largest absolute Gasteiger partial charge is 0.395 e. The number of nitrogens with zero attached hydrogens (tertiary/aromatic N) is 1. The maximum atomic E-state index is 8.97. The van der Waals surface area contributed by atoms with Crippen LogP contribution in [0, 0.1) is 0 Å². The van der Waals surface area contributed by atoms with Gasteiger partial charge in [0.1, 0.15) is 0 Å². The molecule has 0 aromatic heterocycles. The van der Waals surface area contributed by atoms with Crippen LogP contribution in [0.1, 0.15) is 11.1 Å². The Bertz CT molecular complexity index is 339. The molecule has 0 unspecified atom stereocenters. The number of benzene rings is 1. The summed E-state index contributed by atoms with van der Waals surface area (Å²) in [6, 6.07) is 8.24. The third kappa shape index (κ3) is 4.69. The van der Waals surface area contributed by atoms with E-state index in [4.69, 9.17) is 10.8 Å². The summed E-state index contributed by atoms with van der Waals surface area (Å²) in [5, 5.41) is 8.97. The predicted octanol–water partition coefficient (Wildman–Crippen LogP) is 1.17. The predicted molar refractivity (Wildman–Crippen MR) is 71.8 cm³/mol. The van der Waals surface area contributed by atoms with Gasteiger partial charge in [0.05, 0.1) is 6.61 Å². The lowest BCUT2D eigenvalue weighted by Gasteiger charge is -2.20. The minimum absolute atomic E-state index is 0.187. The molecule has 0 fully saturated rings. The fraction of sp³-hybridized carbons (Fsp3) is 0.429. The molecule has 0 aliphatic rings. The minimum Gasteiger partial charge on any atom is -0.395 e. The zero-order valence-electron chi connectivity index (χ0n) is 10.3. The third-order valence-corrected chi connectivity index (χ3v) is 2.84. The molecule has 0 atom stereocenters. The Hall–Kier alpha value is -1.16. The molecule has 3 N–H and O–H groups in total. The van der Waals surface area contributed by atoms with Crippen molar-refractivity contribution in [1.29, 1.82) is 0 Å². The molecule has 0 bridgehead atoms. The topological polar surface area (TPSA) is 49.5 Å². The summed E-state index contributed by atoms with van der Waals surface area (Å²) in [4.78, 5) is 2.18. The first kappa shape index (κ1) is 13.9. The van der Waals surface area contributed by atoms with Crippen LogP contribution in [0.25, 0.3) is 0 Å². The first-order valence-corrected chi connectivity index (χ1v) is 6.02. The van der Waals surface area contributed by atoms with Gasteiger partial charge in [-0.05, 0) is 17.5 Å². The van der Waals surface area contributed by atoms with Crippen molar-refractivity contribution in [2.75, 3.05) is 26.2 Å². The van der Waals surface area contributed by atoms with Crippen molar-refractivity contribution in [3.63, 3.8) is 0 Å². The van der Waals surface area contributed by atoms with E-state index in [0.29, 0.717) is 13.1 Å². The molecule has 0 amide bonds. The van der Waals surface area contributed by atoms with Crippen molar-refractivity contribution >= 4 is 0 Å². The van der Waals surface area contributed by atoms with Gasteiger partial charge in [-0.15, -0.1) is 6.58 Å². The van der Waals surface area contributed by atoms with Gasteiger partial charge in [0, 0.05) is 26.2 Å². The molecule has 0 heterocycles. The molecule has 0 spiro atoms. The zero-order valence-corrected chi connectivity index (χ0v) is 10.3. The van der Waals surface area contributed by atoms with Gasteiger partial charge >= 0.3 is 0 Å². The Morgan fingerprint density at radius 3 is 2.53 bits per heavy atom. The highest BCUT2D eigenvalue weighted by atomic mass is 16.3. The molecule has 0 saturated heterocycles. The molecule has 1 rings (SSSR count). The van der Waals surface area contributed by atoms with E-state index in [0.717, 1.165) is 19.5 Å². The van der Waals surface area contributed by atoms with E-state index >= 15 is 0 Å². The van der Waals surface area contributed by atoms with Crippen molar-refractivity contribution in [2.24, 2.45) is 5.73 Å². The third-order valence-electron chi connectivity index (χ3n) is 2.84. The Morgan fingerprint density at radius 2 is 1.94 bits per heavy atom. The van der Waals surface area contributed by atoms with Gasteiger partial charge < -0.3 is 10.8 Å². The molecule has 94 valence electrons. The second-order valence-electron chi connectivity index (χ2n) is 4.04. The Balaban J connectivity index is 2.54. The van der Waals surface area contributed by atoms with Crippen LogP contribution in [0.2, 0.25) is 0 Å². The van der Waals surface area contributed by atoms with E-state index in [1.54, 1.807) is 0 Å². The molecule has 17 heavy (non-hydrogen) atoms. The molecule has 0 radical (unpaired) electrons. The fourth-order valence-corrected chi connectivity index (χ4v) is 1.90. The van der Waals surface area contributed by atoms with E-state index in [1.807, 2.05) is 18.2 Å². The summed E-state index contributed by atoms with van der Waals surface area (Å²) in [6.45, 7) is 6.92. The highest BCUT2D eigenvalue weighted by Crippen LogP contribution is 2.09. The Morgan fingerprint density at radius 1 is 1.24 bits per heavy atom. The standard InChI is InChI=1S/C14H22N2O/c1-2-8-16(10-11-17)9-7-13-5-3-4-6-14(13)12-15/h2-6,17H,1,7-12,15H2. The number of aliphatic hydroxyl groups is 1. The monoisotopic (exact) mass is 234 g/mol. The SMILES string of the molecule is C=CCN(CCO)CCc1ccccc1CN. The highest BCUT2D eigenvalue weighted by Gasteiger charge is 2.04. The smallest absolute Gasteiger partial charge is 0.0558 e. The van der Waals surface area contributed by atoms with Crippen LogP contribution in [-0.4, -0.2) is 36.2 Å². The number of hydrogen-bond acceptors (Lipinski definition) is 3. The molecule has 1 aromatic carbocycles. The molecular weight excluding hydrogens is 212 g/mol. The Kier molecular flexibility index (Phi) is 6.55. The number of rotatable bonds is 8. The van der Waals surface area contributed by atoms with E-state index in [9.17, 15) is 0 Å². The van der Waals surface area contributed by atoms with Gasteiger partial charge in [0.15, 0.2) is 0 Å². The van der Waals surface area contributed by atoms with E-state index < -0.39 is 0 Å². The van der Waals surface area contributed by atoms with Crippen molar-refractivity contribution in [3.05, 3.63) is 48.0 Å². The average molecular weight is 234 g/mol. The summed E-state index contributed by atoms with van der Waals surface area (Å²) in [7, 11) is 0. The van der Waals surface area contributed by atoms with Gasteiger partial charge in [-0.1, -0.05) is 30.3 Å². The van der Waals surface area contributed by atoms with Crippen LogP contribution in [0.3, 0.4) is 0 Å². The van der Waals surface area contributed by atoms with E-state index in [2.05, 4.69) is 23.6 Å². The maximum absolute atomic E-state index is 8.97. The molecule has 3 nitrogen and oxygen atoms in total. The van der Waals surface area contributed by atoms with E-state index in [1.165, 1.54) is 11.1 Å². The second kappa shape index (κ2) is 8.01. The Labute approximate surface area is 104 Å². The molecule has 0 aliphatic carbocycles. The average Bonchev–Trinajstić information content (AvgIpc) is 2.37. The molecule has 1 aromatic rings. The van der Waals surface area contributed by atoms with Gasteiger partial charge in [0.2, 0.25) is 0 Å². The minimum atomic E-state index is 0.187. The van der Waals surface area contributed by atoms with Crippen LogP contribution < -0.4 is 5.73 Å². The number of hydrogen-bond donors (Lipinski definition) is 2. The van der Waals surface area contributed by atoms with Gasteiger partial charge in [-0.25, -0.2) is 0 Å². The lowest BCUT2D eigenvalue weighted by Crippen LogP contribution is -2.29. The maximum Gasteiger partial charge on any atom is 0.0558 e. The van der Waals surface area contributed by atoms with Crippen LogP contribution in [0.4, 0.5) is 0 Å². The van der Waals surface area contributed by atoms with Crippen molar-refractivity contribution < 1.29 is 5.11 Å². The normalized spacial score (nSPS) is 10.8. The summed E-state index contributed by atoms with van der Waals surface area (Å²) < 4.78 is 0. The summed E-state index contributed by atoms with van der Waals surface area (Å²) in [5.41, 5.74) is 8.20. The summed E-state index contributed by atoms with van der Waals surface area (Å²) >= 11 is 0. The number of nitrogens with two attached hydrogens (primary N) is 1. The van der Waals surface area contributed by atoms with E-state index in [-0.39, 0.29) is 6.61 Å². The number of aliphatic hydroxyl groups excluding tert-OH is 1. The zero-order chi connectivity index (χ0) is 12.5. The molecule has 3 heteroatoms.